The van der Waals surface area contributed by atoms with Gasteiger partial charge in [0.1, 0.15) is 0 Å². The van der Waals surface area contributed by atoms with Crippen LogP contribution in [-0.2, 0) is 0 Å². The van der Waals surface area contributed by atoms with E-state index in [-0.39, 0.29) is 0 Å². The number of aromatic nitrogens is 1. The van der Waals surface area contributed by atoms with E-state index in [9.17, 15) is 0 Å². The highest BCUT2D eigenvalue weighted by molar-refractivity contribution is 6.21. The van der Waals surface area contributed by atoms with E-state index in [1.165, 1.54) is 116 Å². The van der Waals surface area contributed by atoms with Gasteiger partial charge in [0, 0.05) is 16.5 Å². The summed E-state index contributed by atoms with van der Waals surface area (Å²) in [6.07, 6.45) is 0. The molecule has 1 heteroatoms. The molecule has 0 radical (unpaired) electrons. The third-order valence-corrected chi connectivity index (χ3v) is 11.5. The first-order chi connectivity index (χ1) is 25.3. The highest BCUT2D eigenvalue weighted by Gasteiger charge is 2.24. The monoisotopic (exact) mass is 643 g/mol. The Labute approximate surface area is 295 Å². The van der Waals surface area contributed by atoms with Gasteiger partial charge in [-0.3, -0.25) is 0 Å². The lowest BCUT2D eigenvalue weighted by atomic mass is 9.93. The maximum atomic E-state index is 2.46. The van der Waals surface area contributed by atoms with Crippen LogP contribution < -0.4 is 0 Å². The van der Waals surface area contributed by atoms with Crippen molar-refractivity contribution >= 4 is 43.4 Å². The summed E-state index contributed by atoms with van der Waals surface area (Å²) in [7, 11) is 0. The van der Waals surface area contributed by atoms with E-state index < -0.39 is 0 Å². The molecule has 0 N–H and O–H groups in total. The molecule has 2 aliphatic carbocycles. The van der Waals surface area contributed by atoms with Gasteiger partial charge in [-0.1, -0.05) is 152 Å². The summed E-state index contributed by atoms with van der Waals surface area (Å²) >= 11 is 0. The van der Waals surface area contributed by atoms with E-state index in [1.807, 2.05) is 0 Å². The zero-order valence-corrected chi connectivity index (χ0v) is 27.7. The van der Waals surface area contributed by atoms with Gasteiger partial charge in [-0.25, -0.2) is 0 Å². The fourth-order valence-electron chi connectivity index (χ4n) is 9.33. The zero-order chi connectivity index (χ0) is 33.2. The molecule has 1 aromatic heterocycles. The smallest absolute Gasteiger partial charge is 0.0547 e. The Balaban J connectivity index is 1.09. The average molecular weight is 644 g/mol. The molecule has 0 unspecified atom stereocenters. The van der Waals surface area contributed by atoms with Crippen LogP contribution in [0.4, 0.5) is 0 Å². The molecule has 2 aliphatic rings. The minimum atomic E-state index is 1.17. The van der Waals surface area contributed by atoms with E-state index in [2.05, 4.69) is 180 Å². The molecule has 9 aromatic carbocycles. The molecule has 0 saturated heterocycles. The van der Waals surface area contributed by atoms with Crippen molar-refractivity contribution in [2.45, 2.75) is 0 Å². The maximum absolute atomic E-state index is 2.46. The van der Waals surface area contributed by atoms with E-state index >= 15 is 0 Å². The predicted octanol–water partition coefficient (Wildman–Crippen LogP) is 13.7. The van der Waals surface area contributed by atoms with Gasteiger partial charge in [0.05, 0.1) is 11.0 Å². The molecular formula is C50H29N. The minimum absolute atomic E-state index is 1.17. The van der Waals surface area contributed by atoms with Crippen LogP contribution in [-0.4, -0.2) is 4.57 Å². The topological polar surface area (TPSA) is 4.93 Å². The second-order valence-electron chi connectivity index (χ2n) is 14.0. The second-order valence-corrected chi connectivity index (χ2v) is 14.0. The number of hydrogen-bond acceptors (Lipinski definition) is 0. The summed E-state index contributed by atoms with van der Waals surface area (Å²) in [5.74, 6) is 0. The lowest BCUT2D eigenvalue weighted by Crippen LogP contribution is -1.94. The van der Waals surface area contributed by atoms with Crippen molar-refractivity contribution < 1.29 is 0 Å². The van der Waals surface area contributed by atoms with Crippen LogP contribution in [0.15, 0.2) is 176 Å². The van der Waals surface area contributed by atoms with E-state index in [0.29, 0.717) is 0 Å². The Hall–Kier alpha value is -6.70. The van der Waals surface area contributed by atoms with Crippen molar-refractivity contribution in [3.63, 3.8) is 0 Å². The van der Waals surface area contributed by atoms with Crippen LogP contribution in [0.2, 0.25) is 0 Å². The molecule has 0 fully saturated rings. The van der Waals surface area contributed by atoms with E-state index in [0.717, 1.165) is 0 Å². The van der Waals surface area contributed by atoms with E-state index in [1.54, 1.807) is 0 Å². The van der Waals surface area contributed by atoms with Crippen molar-refractivity contribution in [3.05, 3.63) is 176 Å². The Morgan fingerprint density at radius 1 is 0.255 bits per heavy atom. The Kier molecular flexibility index (Phi) is 5.29. The molecule has 1 heterocycles. The molecule has 234 valence electrons. The standard InChI is InChI=1S/C50H29N/c1-2-10-32(11-3-1)51-47-28-30(33-24-26-45-37-14-6-4-12-35(37)43-18-8-16-41(33)49(43)45)20-22-39(47)40-23-21-31(29-48(40)51)34-25-27-46-38-15-7-5-13-36(38)44-19-9-17-42(34)50(44)46/h1-29H. The van der Waals surface area contributed by atoms with Crippen LogP contribution in [0, 0.1) is 0 Å². The van der Waals surface area contributed by atoms with Crippen LogP contribution in [0.25, 0.3) is 116 Å². The van der Waals surface area contributed by atoms with Gasteiger partial charge < -0.3 is 4.57 Å². The van der Waals surface area contributed by atoms with Gasteiger partial charge in [-0.05, 0) is 113 Å². The Bertz CT molecular complexity index is 2870. The highest BCUT2D eigenvalue weighted by atomic mass is 15.0. The predicted molar refractivity (Wildman–Crippen MR) is 216 cm³/mol. The van der Waals surface area contributed by atoms with Crippen molar-refractivity contribution in [2.75, 3.05) is 0 Å². The van der Waals surface area contributed by atoms with Gasteiger partial charge >= 0.3 is 0 Å². The molecule has 0 spiro atoms. The molecule has 10 aromatic rings. The van der Waals surface area contributed by atoms with Gasteiger partial charge in [-0.2, -0.15) is 0 Å². The largest absolute Gasteiger partial charge is 0.309 e. The van der Waals surface area contributed by atoms with Crippen molar-refractivity contribution in [1.29, 1.82) is 0 Å². The number of hydrogen-bond donors (Lipinski definition) is 0. The molecule has 1 nitrogen and oxygen atoms in total. The summed E-state index contributed by atoms with van der Waals surface area (Å²) in [6.45, 7) is 0. The maximum Gasteiger partial charge on any atom is 0.0547 e. The molecule has 0 atom stereocenters. The van der Waals surface area contributed by atoms with Crippen molar-refractivity contribution in [3.8, 4) is 72.4 Å². The molecule has 12 rings (SSSR count). The summed E-state index contributed by atoms with van der Waals surface area (Å²) in [5, 5.41) is 7.85. The number of fused-ring (bicyclic) bond motifs is 9. The van der Waals surface area contributed by atoms with Crippen molar-refractivity contribution in [1.82, 2.24) is 4.57 Å². The lowest BCUT2D eigenvalue weighted by molar-refractivity contribution is 1.18. The van der Waals surface area contributed by atoms with Crippen LogP contribution in [0.1, 0.15) is 0 Å². The SMILES string of the molecule is c1ccc(-n2c3cc(-c4ccc5c6c(cccc46)-c4ccccc4-5)ccc3c3ccc(-c4ccc5c6c(cccc46)-c4ccccc4-5)cc32)cc1. The number of para-hydroxylation sites is 1. The zero-order valence-electron chi connectivity index (χ0n) is 27.7. The number of benzene rings is 9. The third-order valence-electron chi connectivity index (χ3n) is 11.5. The fraction of sp³-hybridized carbons (Fsp3) is 0. The molecule has 0 amide bonds. The summed E-state index contributed by atoms with van der Waals surface area (Å²) in [5.41, 5.74) is 19.2. The molecule has 51 heavy (non-hydrogen) atoms. The Morgan fingerprint density at radius 3 is 1.12 bits per heavy atom. The first kappa shape index (κ1) is 27.2. The molecule has 0 bridgehead atoms. The quantitative estimate of drug-likeness (QED) is 0.181. The van der Waals surface area contributed by atoms with Crippen LogP contribution >= 0.6 is 0 Å². The first-order valence-electron chi connectivity index (χ1n) is 17.8. The van der Waals surface area contributed by atoms with Gasteiger partial charge in [0.25, 0.3) is 0 Å². The first-order valence-corrected chi connectivity index (χ1v) is 17.8. The second kappa shape index (κ2) is 9.94. The molecule has 0 saturated carbocycles. The third kappa shape index (κ3) is 3.60. The summed E-state index contributed by atoms with van der Waals surface area (Å²) in [6, 6.07) is 65.4. The number of rotatable bonds is 3. The molecular weight excluding hydrogens is 615 g/mol. The highest BCUT2D eigenvalue weighted by Crippen LogP contribution is 2.51. The lowest BCUT2D eigenvalue weighted by Gasteiger charge is -2.12. The van der Waals surface area contributed by atoms with Crippen molar-refractivity contribution in [2.24, 2.45) is 0 Å². The minimum Gasteiger partial charge on any atom is -0.309 e. The van der Waals surface area contributed by atoms with E-state index in [4.69, 9.17) is 0 Å². The fourth-order valence-corrected chi connectivity index (χ4v) is 9.33. The average Bonchev–Trinajstić information content (AvgIpc) is 3.82. The number of nitrogens with zero attached hydrogens (tertiary/aromatic N) is 1. The molecule has 0 aliphatic heterocycles. The van der Waals surface area contributed by atoms with Crippen LogP contribution in [0.3, 0.4) is 0 Å². The summed E-state index contributed by atoms with van der Waals surface area (Å²) < 4.78 is 2.46. The normalized spacial score (nSPS) is 12.3. The van der Waals surface area contributed by atoms with Gasteiger partial charge in [0.15, 0.2) is 0 Å². The van der Waals surface area contributed by atoms with Gasteiger partial charge in [0.2, 0.25) is 0 Å². The Morgan fingerprint density at radius 2 is 0.647 bits per heavy atom. The summed E-state index contributed by atoms with van der Waals surface area (Å²) in [4.78, 5) is 0. The van der Waals surface area contributed by atoms with Gasteiger partial charge in [-0.15, -0.1) is 0 Å². The van der Waals surface area contributed by atoms with Crippen LogP contribution in [0.5, 0.6) is 0 Å².